The molecule has 116 valence electrons. The van der Waals surface area contributed by atoms with Crippen LogP contribution in [0.3, 0.4) is 0 Å². The van der Waals surface area contributed by atoms with Crippen LogP contribution >= 0.6 is 11.8 Å². The fraction of sp³-hybridized carbons (Fsp3) is 0.294. The van der Waals surface area contributed by atoms with Gasteiger partial charge in [0.05, 0.1) is 5.03 Å². The molecule has 1 N–H and O–H groups in total. The number of carbonyl (C=O) groups excluding carboxylic acids is 1. The first kappa shape index (κ1) is 16.4. The molecule has 1 aromatic heterocycles. The minimum absolute atomic E-state index is 0.493. The first-order chi connectivity index (χ1) is 10.4. The second-order valence-corrected chi connectivity index (χ2v) is 6.76. The van der Waals surface area contributed by atoms with Crippen molar-refractivity contribution < 1.29 is 9.53 Å². The molecule has 0 bridgehead atoms. The van der Waals surface area contributed by atoms with Gasteiger partial charge in [-0.25, -0.2) is 9.78 Å². The van der Waals surface area contributed by atoms with Gasteiger partial charge in [0.25, 0.3) is 0 Å². The summed E-state index contributed by atoms with van der Waals surface area (Å²) in [6.07, 6.45) is -0.495. The number of hydrogen-bond donors (Lipinski definition) is 1. The molecular formula is C17H20N2O2S. The summed E-state index contributed by atoms with van der Waals surface area (Å²) in [5.74, 6) is 1.33. The van der Waals surface area contributed by atoms with Gasteiger partial charge in [-0.2, -0.15) is 0 Å². The Morgan fingerprint density at radius 2 is 1.86 bits per heavy atom. The van der Waals surface area contributed by atoms with Crippen LogP contribution in [-0.2, 0) is 10.5 Å². The van der Waals surface area contributed by atoms with Crippen molar-refractivity contribution in [1.82, 2.24) is 4.98 Å². The largest absolute Gasteiger partial charge is 0.444 e. The third kappa shape index (κ3) is 5.77. The monoisotopic (exact) mass is 316 g/mol. The second kappa shape index (κ2) is 7.31. The molecule has 0 atom stereocenters. The van der Waals surface area contributed by atoms with Gasteiger partial charge in [0.15, 0.2) is 0 Å². The van der Waals surface area contributed by atoms with E-state index in [1.807, 2.05) is 51.1 Å². The van der Waals surface area contributed by atoms with Gasteiger partial charge in [-0.05, 0) is 38.5 Å². The third-order valence-corrected chi connectivity index (χ3v) is 3.58. The number of carbonyl (C=O) groups is 1. The number of thioether (sulfide) groups is 1. The van der Waals surface area contributed by atoms with E-state index in [1.165, 1.54) is 5.56 Å². The highest BCUT2D eigenvalue weighted by molar-refractivity contribution is 7.98. The number of rotatable bonds is 4. The van der Waals surface area contributed by atoms with Crippen LogP contribution in [0.1, 0.15) is 26.3 Å². The summed E-state index contributed by atoms with van der Waals surface area (Å²) in [7, 11) is 0. The maximum atomic E-state index is 11.7. The van der Waals surface area contributed by atoms with Gasteiger partial charge in [0.1, 0.15) is 11.4 Å². The van der Waals surface area contributed by atoms with Crippen molar-refractivity contribution in [2.45, 2.75) is 37.2 Å². The highest BCUT2D eigenvalue weighted by Gasteiger charge is 2.16. The summed E-state index contributed by atoms with van der Waals surface area (Å²) in [5, 5.41) is 3.51. The zero-order chi connectivity index (χ0) is 16.0. The maximum Gasteiger partial charge on any atom is 0.413 e. The predicted molar refractivity (Wildman–Crippen MR) is 90.1 cm³/mol. The summed E-state index contributed by atoms with van der Waals surface area (Å²) in [4.78, 5) is 16.1. The number of pyridine rings is 1. The van der Waals surface area contributed by atoms with Gasteiger partial charge < -0.3 is 4.74 Å². The SMILES string of the molecule is CC(C)(C)OC(=O)Nc1cccc(SCc2ccccc2)n1. The Balaban J connectivity index is 1.94. The lowest BCUT2D eigenvalue weighted by atomic mass is 10.2. The summed E-state index contributed by atoms with van der Waals surface area (Å²) < 4.78 is 5.21. The van der Waals surface area contributed by atoms with Gasteiger partial charge in [-0.1, -0.05) is 36.4 Å². The van der Waals surface area contributed by atoms with E-state index in [-0.39, 0.29) is 0 Å². The average Bonchev–Trinajstić information content (AvgIpc) is 2.44. The van der Waals surface area contributed by atoms with Crippen molar-refractivity contribution in [3.63, 3.8) is 0 Å². The number of amides is 1. The first-order valence-corrected chi connectivity index (χ1v) is 8.05. The lowest BCUT2D eigenvalue weighted by Gasteiger charge is -2.19. The molecule has 4 nitrogen and oxygen atoms in total. The molecule has 1 aromatic carbocycles. The average molecular weight is 316 g/mol. The minimum atomic E-state index is -0.524. The Labute approximate surface area is 135 Å². The first-order valence-electron chi connectivity index (χ1n) is 7.06. The van der Waals surface area contributed by atoms with Gasteiger partial charge in [0.2, 0.25) is 0 Å². The number of anilines is 1. The Hall–Kier alpha value is -2.01. The van der Waals surface area contributed by atoms with Gasteiger partial charge >= 0.3 is 6.09 Å². The van der Waals surface area contributed by atoms with Crippen LogP contribution in [0.2, 0.25) is 0 Å². The quantitative estimate of drug-likeness (QED) is 0.829. The van der Waals surface area contributed by atoms with Crippen molar-refractivity contribution in [3.05, 3.63) is 54.1 Å². The smallest absolute Gasteiger partial charge is 0.413 e. The van der Waals surface area contributed by atoms with E-state index in [0.29, 0.717) is 5.82 Å². The second-order valence-electron chi connectivity index (χ2n) is 5.76. The van der Waals surface area contributed by atoms with Crippen LogP contribution in [0.4, 0.5) is 10.6 Å². The highest BCUT2D eigenvalue weighted by atomic mass is 32.2. The van der Waals surface area contributed by atoms with Crippen LogP contribution in [0.15, 0.2) is 53.6 Å². The molecule has 0 spiro atoms. The molecule has 0 saturated carbocycles. The molecule has 0 aliphatic rings. The Bertz CT molecular complexity index is 624. The van der Waals surface area contributed by atoms with E-state index in [0.717, 1.165) is 10.8 Å². The number of nitrogens with one attached hydrogen (secondary N) is 1. The topological polar surface area (TPSA) is 51.2 Å². The lowest BCUT2D eigenvalue weighted by Crippen LogP contribution is -2.27. The summed E-state index contributed by atoms with van der Waals surface area (Å²) in [6.45, 7) is 5.48. The maximum absolute atomic E-state index is 11.7. The van der Waals surface area contributed by atoms with Crippen molar-refractivity contribution in [1.29, 1.82) is 0 Å². The highest BCUT2D eigenvalue weighted by Crippen LogP contribution is 2.22. The Morgan fingerprint density at radius 1 is 1.14 bits per heavy atom. The molecule has 1 amide bonds. The van der Waals surface area contributed by atoms with Crippen LogP contribution in [0.5, 0.6) is 0 Å². The Morgan fingerprint density at radius 3 is 2.55 bits per heavy atom. The van der Waals surface area contributed by atoms with Gasteiger partial charge in [-0.15, -0.1) is 11.8 Å². The van der Waals surface area contributed by atoms with E-state index >= 15 is 0 Å². The van der Waals surface area contributed by atoms with Crippen molar-refractivity contribution in [2.75, 3.05) is 5.32 Å². The zero-order valence-electron chi connectivity index (χ0n) is 13.0. The molecule has 0 unspecified atom stereocenters. The van der Waals surface area contributed by atoms with E-state index in [1.54, 1.807) is 17.8 Å². The van der Waals surface area contributed by atoms with Crippen molar-refractivity contribution >= 4 is 23.7 Å². The summed E-state index contributed by atoms with van der Waals surface area (Å²) in [6, 6.07) is 15.7. The molecule has 0 aliphatic heterocycles. The lowest BCUT2D eigenvalue weighted by molar-refractivity contribution is 0.0635. The third-order valence-electron chi connectivity index (χ3n) is 2.58. The molecule has 2 aromatic rings. The number of hydrogen-bond acceptors (Lipinski definition) is 4. The van der Waals surface area contributed by atoms with Gasteiger partial charge in [-0.3, -0.25) is 5.32 Å². The van der Waals surface area contributed by atoms with Crippen LogP contribution in [-0.4, -0.2) is 16.7 Å². The number of aromatic nitrogens is 1. The number of benzene rings is 1. The van der Waals surface area contributed by atoms with Crippen LogP contribution in [0, 0.1) is 0 Å². The Kier molecular flexibility index (Phi) is 5.44. The minimum Gasteiger partial charge on any atom is -0.444 e. The van der Waals surface area contributed by atoms with E-state index in [9.17, 15) is 4.79 Å². The van der Waals surface area contributed by atoms with Crippen LogP contribution < -0.4 is 5.32 Å². The molecule has 0 aliphatic carbocycles. The van der Waals surface area contributed by atoms with E-state index < -0.39 is 11.7 Å². The molecule has 22 heavy (non-hydrogen) atoms. The molecule has 0 saturated heterocycles. The summed E-state index contributed by atoms with van der Waals surface area (Å²) >= 11 is 1.62. The number of nitrogens with zero attached hydrogens (tertiary/aromatic N) is 1. The predicted octanol–water partition coefficient (Wildman–Crippen LogP) is 4.72. The molecule has 0 fully saturated rings. The van der Waals surface area contributed by atoms with Gasteiger partial charge in [0, 0.05) is 5.75 Å². The molecule has 2 rings (SSSR count). The van der Waals surface area contributed by atoms with Crippen molar-refractivity contribution in [2.24, 2.45) is 0 Å². The fourth-order valence-corrected chi connectivity index (χ4v) is 2.55. The number of ether oxygens (including phenoxy) is 1. The zero-order valence-corrected chi connectivity index (χ0v) is 13.8. The molecule has 1 heterocycles. The van der Waals surface area contributed by atoms with E-state index in [2.05, 4.69) is 22.4 Å². The van der Waals surface area contributed by atoms with E-state index in [4.69, 9.17) is 4.74 Å². The molecule has 5 heteroatoms. The molecule has 0 radical (unpaired) electrons. The fourth-order valence-electron chi connectivity index (χ4n) is 1.70. The normalized spacial score (nSPS) is 11.0. The molecular weight excluding hydrogens is 296 g/mol. The standard InChI is InChI=1S/C17H20N2O2S/c1-17(2,3)21-16(20)19-14-10-7-11-15(18-14)22-12-13-8-5-4-6-9-13/h4-11H,12H2,1-3H3,(H,18,19,20). The summed E-state index contributed by atoms with van der Waals surface area (Å²) in [5.41, 5.74) is 0.712. The van der Waals surface area contributed by atoms with Crippen LogP contribution in [0.25, 0.3) is 0 Å². The van der Waals surface area contributed by atoms with Crippen molar-refractivity contribution in [3.8, 4) is 0 Å².